The number of halogens is 9. The molecule has 0 radical (unpaired) electrons. The summed E-state index contributed by atoms with van der Waals surface area (Å²) in [6.45, 7) is 0. The van der Waals surface area contributed by atoms with Crippen molar-refractivity contribution in [2.45, 2.75) is 12.4 Å². The summed E-state index contributed by atoms with van der Waals surface area (Å²) in [5.41, 5.74) is -8.16. The third-order valence-corrected chi connectivity index (χ3v) is 9.64. The molecule has 0 saturated carbocycles. The number of hydrogen-bond donors (Lipinski definition) is 0. The second-order valence-corrected chi connectivity index (χ2v) is 12.6. The van der Waals surface area contributed by atoms with Gasteiger partial charge in [-0.1, -0.05) is 36.4 Å². The smallest absolute Gasteiger partial charge is 0.236 e. The zero-order valence-corrected chi connectivity index (χ0v) is 27.1. The first kappa shape index (κ1) is 33.7. The summed E-state index contributed by atoms with van der Waals surface area (Å²) >= 11 is 0. The topological polar surface area (TPSA) is 99.1 Å². The van der Waals surface area contributed by atoms with Crippen LogP contribution in [0.15, 0.2) is 79.1 Å². The standard InChI is InChI=1S/C40H13F9N6/c41-34-23(13-51)35(42)36(43)30-22(12-50)28-19-9-21(37-52-14-16-5-1-3-7-26(16)54-37)24(39(44,45)46)10-18(19)20-11-25(40(47,48)49)31(32(29(20)28)33(30)34)38-53-15-17-6-2-4-8-27(17)55-38/h1-11,14-15H. The molecule has 0 aliphatic heterocycles. The number of fused-ring (bicyclic) bond motifs is 7. The normalized spacial score (nSPS) is 12.4. The molecular formula is C40H13F9N6. The third kappa shape index (κ3) is 4.76. The minimum absolute atomic E-state index is 0.138. The maximum Gasteiger partial charge on any atom is 0.417 e. The van der Waals surface area contributed by atoms with Crippen LogP contribution < -0.4 is 0 Å². The maximum atomic E-state index is 16.6. The van der Waals surface area contributed by atoms with E-state index < -0.39 is 113 Å². The molecule has 0 N–H and O–H groups in total. The van der Waals surface area contributed by atoms with Gasteiger partial charge in [-0.2, -0.15) is 36.9 Å². The van der Waals surface area contributed by atoms with Gasteiger partial charge in [-0.3, -0.25) is 0 Å². The van der Waals surface area contributed by atoms with Crippen LogP contribution in [-0.2, 0) is 12.4 Å². The molecule has 8 aromatic rings. The van der Waals surface area contributed by atoms with Crippen LogP contribution in [0.5, 0.6) is 0 Å². The quantitative estimate of drug-likeness (QED) is 0.0991. The highest BCUT2D eigenvalue weighted by Crippen LogP contribution is 2.58. The van der Waals surface area contributed by atoms with Crippen molar-refractivity contribution in [1.29, 1.82) is 10.5 Å². The highest BCUT2D eigenvalue weighted by Gasteiger charge is 2.43. The van der Waals surface area contributed by atoms with Crippen molar-refractivity contribution >= 4 is 43.4 Å². The number of para-hydroxylation sites is 2. The van der Waals surface area contributed by atoms with Crippen LogP contribution in [0, 0.1) is 40.1 Å². The number of nitrogens with zero attached hydrogens (tertiary/aromatic N) is 6. The molecule has 2 heterocycles. The van der Waals surface area contributed by atoms with Crippen molar-refractivity contribution in [3.8, 4) is 57.2 Å². The van der Waals surface area contributed by atoms with Gasteiger partial charge in [0.25, 0.3) is 0 Å². The molecule has 0 unspecified atom stereocenters. The Bertz CT molecular complexity index is 3140. The van der Waals surface area contributed by atoms with E-state index in [9.17, 15) is 23.7 Å². The molecule has 0 atom stereocenters. The van der Waals surface area contributed by atoms with Crippen LogP contribution in [0.1, 0.15) is 22.3 Å². The van der Waals surface area contributed by atoms with Crippen LogP contribution in [0.4, 0.5) is 39.5 Å². The molecule has 6 nitrogen and oxygen atoms in total. The second kappa shape index (κ2) is 11.4. The fourth-order valence-corrected chi connectivity index (χ4v) is 7.36. The lowest BCUT2D eigenvalue weighted by Crippen LogP contribution is -2.11. The van der Waals surface area contributed by atoms with Crippen LogP contribution in [-0.4, -0.2) is 19.9 Å². The summed E-state index contributed by atoms with van der Waals surface area (Å²) in [4.78, 5) is 16.8. The highest BCUT2D eigenvalue weighted by atomic mass is 19.4. The van der Waals surface area contributed by atoms with E-state index in [0.717, 1.165) is 6.07 Å². The predicted octanol–water partition coefficient (Wildman–Crippen LogP) is 11.1. The fraction of sp³-hybridized carbons (Fsp3) is 0.0500. The molecule has 0 spiro atoms. The first-order valence-electron chi connectivity index (χ1n) is 16.0. The molecular weight excluding hydrogens is 735 g/mol. The summed E-state index contributed by atoms with van der Waals surface area (Å²) in [6.07, 6.45) is -8.03. The molecule has 6 aromatic carbocycles. The molecule has 1 aliphatic carbocycles. The van der Waals surface area contributed by atoms with E-state index in [1.54, 1.807) is 36.4 Å². The summed E-state index contributed by atoms with van der Waals surface area (Å²) in [5, 5.41) is 17.6. The molecule has 0 bridgehead atoms. The van der Waals surface area contributed by atoms with Crippen molar-refractivity contribution in [2.75, 3.05) is 0 Å². The van der Waals surface area contributed by atoms with Crippen LogP contribution in [0.2, 0.25) is 0 Å². The largest absolute Gasteiger partial charge is 0.417 e. The number of rotatable bonds is 2. The Kier molecular flexibility index (Phi) is 7.00. The Labute approximate surface area is 301 Å². The summed E-state index contributed by atoms with van der Waals surface area (Å²) in [7, 11) is 0. The fourth-order valence-electron chi connectivity index (χ4n) is 7.36. The van der Waals surface area contributed by atoms with Gasteiger partial charge < -0.3 is 0 Å². The second-order valence-electron chi connectivity index (χ2n) is 12.6. The summed E-state index contributed by atoms with van der Waals surface area (Å²) in [5.74, 6) is -6.87. The molecule has 15 heteroatoms. The van der Waals surface area contributed by atoms with Crippen molar-refractivity contribution < 1.29 is 39.5 Å². The van der Waals surface area contributed by atoms with E-state index in [1.165, 1.54) is 36.7 Å². The van der Waals surface area contributed by atoms with Gasteiger partial charge in [0.1, 0.15) is 17.7 Å². The van der Waals surface area contributed by atoms with Gasteiger partial charge >= 0.3 is 12.4 Å². The van der Waals surface area contributed by atoms with Crippen LogP contribution >= 0.6 is 0 Å². The third-order valence-electron chi connectivity index (χ3n) is 9.64. The zero-order chi connectivity index (χ0) is 38.7. The average molecular weight is 749 g/mol. The lowest BCUT2D eigenvalue weighted by molar-refractivity contribution is -0.138. The van der Waals surface area contributed by atoms with Gasteiger partial charge in [0.05, 0.1) is 27.7 Å². The minimum Gasteiger partial charge on any atom is -0.236 e. The maximum absolute atomic E-state index is 16.6. The van der Waals surface area contributed by atoms with E-state index in [1.807, 2.05) is 0 Å². The van der Waals surface area contributed by atoms with Gasteiger partial charge in [0.15, 0.2) is 29.1 Å². The molecule has 55 heavy (non-hydrogen) atoms. The van der Waals surface area contributed by atoms with Crippen LogP contribution in [0.3, 0.4) is 0 Å². The lowest BCUT2D eigenvalue weighted by atomic mass is 9.85. The Morgan fingerprint density at radius 1 is 0.491 bits per heavy atom. The van der Waals surface area contributed by atoms with Crippen molar-refractivity contribution in [3.05, 3.63) is 119 Å². The zero-order valence-electron chi connectivity index (χ0n) is 27.1. The van der Waals surface area contributed by atoms with Crippen LogP contribution in [0.25, 0.3) is 88.4 Å². The molecule has 0 amide bonds. The van der Waals surface area contributed by atoms with E-state index in [4.69, 9.17) is 0 Å². The van der Waals surface area contributed by atoms with E-state index in [-0.39, 0.29) is 16.6 Å². The van der Waals surface area contributed by atoms with Gasteiger partial charge in [0, 0.05) is 61.4 Å². The van der Waals surface area contributed by atoms with E-state index in [0.29, 0.717) is 22.9 Å². The monoisotopic (exact) mass is 748 g/mol. The first-order chi connectivity index (χ1) is 26.2. The molecule has 1 aliphatic rings. The molecule has 9 rings (SSSR count). The Balaban J connectivity index is 1.54. The molecule has 0 saturated heterocycles. The Morgan fingerprint density at radius 3 is 1.65 bits per heavy atom. The van der Waals surface area contributed by atoms with Gasteiger partial charge in [-0.05, 0) is 47.0 Å². The number of hydrogen-bond acceptors (Lipinski definition) is 6. The number of alkyl halides is 6. The SMILES string of the molecule is N#Cc1c(F)c(F)c2c(C#N)c3c4c(cc(C(F)(F)F)c(-c5ncc6ccccc6n5)c4c2c1F)-c1cc(C(F)(F)F)c(-c2ncc4ccccc4n2)cc1-3. The Hall–Kier alpha value is -7.13. The number of nitriles is 2. The molecule has 2 aromatic heterocycles. The van der Waals surface area contributed by atoms with E-state index >= 15 is 26.3 Å². The average Bonchev–Trinajstić information content (AvgIpc) is 3.49. The number of aromatic nitrogens is 4. The molecule has 266 valence electrons. The predicted molar refractivity (Wildman–Crippen MR) is 182 cm³/mol. The number of benzene rings is 6. The van der Waals surface area contributed by atoms with Crippen molar-refractivity contribution in [2.24, 2.45) is 0 Å². The first-order valence-corrected chi connectivity index (χ1v) is 16.0. The van der Waals surface area contributed by atoms with Gasteiger partial charge in [-0.25, -0.2) is 33.1 Å². The Morgan fingerprint density at radius 2 is 1.05 bits per heavy atom. The van der Waals surface area contributed by atoms with Crippen molar-refractivity contribution in [3.63, 3.8) is 0 Å². The van der Waals surface area contributed by atoms with Gasteiger partial charge in [0.2, 0.25) is 0 Å². The van der Waals surface area contributed by atoms with E-state index in [2.05, 4.69) is 19.9 Å². The molecule has 0 fully saturated rings. The minimum atomic E-state index is -5.34. The van der Waals surface area contributed by atoms with Crippen molar-refractivity contribution in [1.82, 2.24) is 19.9 Å². The summed E-state index contributed by atoms with van der Waals surface area (Å²) < 4.78 is 139. The lowest BCUT2D eigenvalue weighted by Gasteiger charge is -2.20. The summed E-state index contributed by atoms with van der Waals surface area (Å²) in [6, 6.07) is 17.4. The highest BCUT2D eigenvalue weighted by molar-refractivity contribution is 6.30. The van der Waals surface area contributed by atoms with Gasteiger partial charge in [-0.15, -0.1) is 0 Å².